The van der Waals surface area contributed by atoms with E-state index in [1.165, 1.54) is 60.8 Å². The van der Waals surface area contributed by atoms with Crippen molar-refractivity contribution in [2.24, 2.45) is 0 Å². The second kappa shape index (κ2) is 7.64. The van der Waals surface area contributed by atoms with E-state index in [-0.39, 0.29) is 0 Å². The zero-order valence-electron chi connectivity index (χ0n) is 14.5. The first-order valence-electron chi connectivity index (χ1n) is 9.01. The van der Waals surface area contributed by atoms with Crippen LogP contribution in [0.25, 0.3) is 0 Å². The maximum atomic E-state index is 2.52. The van der Waals surface area contributed by atoms with E-state index in [1.54, 1.807) is 5.57 Å². The van der Waals surface area contributed by atoms with Gasteiger partial charge in [0, 0.05) is 0 Å². The van der Waals surface area contributed by atoms with E-state index in [0.29, 0.717) is 0 Å². The molecule has 0 heteroatoms. The van der Waals surface area contributed by atoms with Gasteiger partial charge in [-0.3, -0.25) is 0 Å². The fraction of sp³-hybridized carbons (Fsp3) is 0.391. The van der Waals surface area contributed by atoms with E-state index >= 15 is 0 Å². The molecule has 0 unspecified atom stereocenters. The SMILES string of the molecule is Cc1ccc(C)c(CCC=C2CCC(c3ccccc3)CC2)c1. The quantitative estimate of drug-likeness (QED) is 0.564. The van der Waals surface area contributed by atoms with Crippen LogP contribution < -0.4 is 0 Å². The highest BCUT2D eigenvalue weighted by Gasteiger charge is 2.17. The Hall–Kier alpha value is -1.82. The maximum absolute atomic E-state index is 2.52. The van der Waals surface area contributed by atoms with Crippen LogP contribution in [-0.4, -0.2) is 0 Å². The fourth-order valence-corrected chi connectivity index (χ4v) is 3.75. The minimum absolute atomic E-state index is 0.771. The van der Waals surface area contributed by atoms with Crippen molar-refractivity contribution in [1.29, 1.82) is 0 Å². The molecule has 0 N–H and O–H groups in total. The predicted octanol–water partition coefficient (Wildman–Crippen LogP) is 6.52. The van der Waals surface area contributed by atoms with E-state index in [0.717, 1.165) is 5.92 Å². The minimum Gasteiger partial charge on any atom is -0.0850 e. The van der Waals surface area contributed by atoms with E-state index in [4.69, 9.17) is 0 Å². The Morgan fingerprint density at radius 1 is 0.957 bits per heavy atom. The topological polar surface area (TPSA) is 0 Å². The Morgan fingerprint density at radius 2 is 1.70 bits per heavy atom. The summed E-state index contributed by atoms with van der Waals surface area (Å²) in [5.74, 6) is 0.771. The zero-order chi connectivity index (χ0) is 16.1. The largest absolute Gasteiger partial charge is 0.0850 e. The van der Waals surface area contributed by atoms with Crippen molar-refractivity contribution >= 4 is 0 Å². The minimum atomic E-state index is 0.771. The zero-order valence-corrected chi connectivity index (χ0v) is 14.5. The normalized spacial score (nSPS) is 18.0. The molecule has 0 atom stereocenters. The Bertz CT molecular complexity index is 654. The second-order valence-corrected chi connectivity index (χ2v) is 7.02. The number of allylic oxidation sites excluding steroid dienone is 2. The molecule has 0 aliphatic heterocycles. The van der Waals surface area contributed by atoms with Gasteiger partial charge in [-0.2, -0.15) is 0 Å². The summed E-state index contributed by atoms with van der Waals surface area (Å²) in [6, 6.07) is 17.9. The monoisotopic (exact) mass is 304 g/mol. The molecule has 2 aromatic carbocycles. The third-order valence-electron chi connectivity index (χ3n) is 5.25. The molecule has 0 saturated heterocycles. The first kappa shape index (κ1) is 16.1. The van der Waals surface area contributed by atoms with Crippen LogP contribution in [0.1, 0.15) is 60.3 Å². The summed E-state index contributed by atoms with van der Waals surface area (Å²) < 4.78 is 0. The number of hydrogen-bond donors (Lipinski definition) is 0. The summed E-state index contributed by atoms with van der Waals surface area (Å²) in [5, 5.41) is 0. The van der Waals surface area contributed by atoms with Crippen molar-refractivity contribution < 1.29 is 0 Å². The number of aryl methyl sites for hydroxylation is 3. The lowest BCUT2D eigenvalue weighted by Gasteiger charge is -2.24. The van der Waals surface area contributed by atoms with Gasteiger partial charge >= 0.3 is 0 Å². The highest BCUT2D eigenvalue weighted by Crippen LogP contribution is 2.35. The van der Waals surface area contributed by atoms with Crippen LogP contribution in [0.5, 0.6) is 0 Å². The molecular formula is C23H28. The van der Waals surface area contributed by atoms with E-state index in [2.05, 4.69) is 68.5 Å². The molecule has 120 valence electrons. The number of hydrogen-bond acceptors (Lipinski definition) is 0. The smallest absolute Gasteiger partial charge is 0.0156 e. The van der Waals surface area contributed by atoms with Crippen LogP contribution in [0.4, 0.5) is 0 Å². The molecular weight excluding hydrogens is 276 g/mol. The highest BCUT2D eigenvalue weighted by molar-refractivity contribution is 5.31. The Morgan fingerprint density at radius 3 is 2.43 bits per heavy atom. The summed E-state index contributed by atoms with van der Waals surface area (Å²) in [6.07, 6.45) is 10.1. The molecule has 0 bridgehead atoms. The standard InChI is InChI=1S/C23H28/c1-18-11-12-19(2)23(17-18)10-6-7-20-13-15-22(16-14-20)21-8-4-3-5-9-21/h3-5,7-9,11-12,17,22H,6,10,13-16H2,1-2H3. The summed E-state index contributed by atoms with van der Waals surface area (Å²) >= 11 is 0. The van der Waals surface area contributed by atoms with Crippen molar-refractivity contribution in [3.63, 3.8) is 0 Å². The average Bonchev–Trinajstić information content (AvgIpc) is 2.59. The lowest BCUT2D eigenvalue weighted by atomic mass is 9.81. The molecule has 1 aliphatic rings. The highest BCUT2D eigenvalue weighted by atomic mass is 14.2. The van der Waals surface area contributed by atoms with Crippen LogP contribution in [-0.2, 0) is 6.42 Å². The molecule has 0 nitrogen and oxygen atoms in total. The average molecular weight is 304 g/mol. The summed E-state index contributed by atoms with van der Waals surface area (Å²) in [5.41, 5.74) is 7.53. The van der Waals surface area contributed by atoms with Gasteiger partial charge in [-0.1, -0.05) is 65.7 Å². The molecule has 23 heavy (non-hydrogen) atoms. The molecule has 3 rings (SSSR count). The molecule has 1 fully saturated rings. The summed E-state index contributed by atoms with van der Waals surface area (Å²) in [4.78, 5) is 0. The van der Waals surface area contributed by atoms with Gasteiger partial charge in [0.25, 0.3) is 0 Å². The van der Waals surface area contributed by atoms with Crippen molar-refractivity contribution in [3.05, 3.63) is 82.4 Å². The molecule has 1 saturated carbocycles. The molecule has 0 spiro atoms. The van der Waals surface area contributed by atoms with Crippen LogP contribution >= 0.6 is 0 Å². The third kappa shape index (κ3) is 4.34. The van der Waals surface area contributed by atoms with Gasteiger partial charge in [0.15, 0.2) is 0 Å². The van der Waals surface area contributed by atoms with Gasteiger partial charge in [0.2, 0.25) is 0 Å². The van der Waals surface area contributed by atoms with Gasteiger partial charge in [0.05, 0.1) is 0 Å². The van der Waals surface area contributed by atoms with Crippen LogP contribution in [0.3, 0.4) is 0 Å². The van der Waals surface area contributed by atoms with Crippen LogP contribution in [0.15, 0.2) is 60.2 Å². The lowest BCUT2D eigenvalue weighted by molar-refractivity contribution is 0.515. The first-order valence-corrected chi connectivity index (χ1v) is 9.01. The fourth-order valence-electron chi connectivity index (χ4n) is 3.75. The van der Waals surface area contributed by atoms with Crippen molar-refractivity contribution in [2.45, 2.75) is 58.3 Å². The maximum Gasteiger partial charge on any atom is -0.0156 e. The summed E-state index contributed by atoms with van der Waals surface area (Å²) in [7, 11) is 0. The van der Waals surface area contributed by atoms with Gasteiger partial charge in [0.1, 0.15) is 0 Å². The van der Waals surface area contributed by atoms with E-state index in [1.807, 2.05) is 0 Å². The van der Waals surface area contributed by atoms with Crippen molar-refractivity contribution in [1.82, 2.24) is 0 Å². The molecule has 1 aliphatic carbocycles. The Labute approximate surface area is 141 Å². The second-order valence-electron chi connectivity index (χ2n) is 7.02. The van der Waals surface area contributed by atoms with Gasteiger partial charge in [-0.05, 0) is 75.0 Å². The third-order valence-corrected chi connectivity index (χ3v) is 5.25. The van der Waals surface area contributed by atoms with Crippen molar-refractivity contribution in [2.75, 3.05) is 0 Å². The summed E-state index contributed by atoms with van der Waals surface area (Å²) in [6.45, 7) is 4.42. The van der Waals surface area contributed by atoms with Crippen molar-refractivity contribution in [3.8, 4) is 0 Å². The van der Waals surface area contributed by atoms with Gasteiger partial charge in [-0.15, -0.1) is 0 Å². The van der Waals surface area contributed by atoms with E-state index in [9.17, 15) is 0 Å². The molecule has 0 radical (unpaired) electrons. The van der Waals surface area contributed by atoms with Gasteiger partial charge < -0.3 is 0 Å². The lowest BCUT2D eigenvalue weighted by Crippen LogP contribution is -2.06. The Balaban J connectivity index is 1.52. The molecule has 2 aromatic rings. The Kier molecular flexibility index (Phi) is 5.33. The van der Waals surface area contributed by atoms with Gasteiger partial charge in [-0.25, -0.2) is 0 Å². The molecule has 0 aromatic heterocycles. The molecule has 0 amide bonds. The first-order chi connectivity index (χ1) is 11.2. The van der Waals surface area contributed by atoms with Crippen LogP contribution in [0, 0.1) is 13.8 Å². The predicted molar refractivity (Wildman–Crippen MR) is 100.0 cm³/mol. The number of rotatable bonds is 4. The number of benzene rings is 2. The molecule has 0 heterocycles. The van der Waals surface area contributed by atoms with Crippen LogP contribution in [0.2, 0.25) is 0 Å². The van der Waals surface area contributed by atoms with E-state index < -0.39 is 0 Å².